The van der Waals surface area contributed by atoms with Crippen molar-refractivity contribution in [3.63, 3.8) is 0 Å². The molecule has 0 amide bonds. The number of nitrogens with zero attached hydrogens (tertiary/aromatic N) is 1. The molecule has 0 aromatic heterocycles. The van der Waals surface area contributed by atoms with E-state index in [0.717, 1.165) is 12.6 Å². The lowest BCUT2D eigenvalue weighted by Gasteiger charge is -2.37. The predicted molar refractivity (Wildman–Crippen MR) is 58.0 cm³/mol. The molecule has 2 nitrogen and oxygen atoms in total. The van der Waals surface area contributed by atoms with Crippen LogP contribution in [0.5, 0.6) is 0 Å². The van der Waals surface area contributed by atoms with Gasteiger partial charge in [0.1, 0.15) is 0 Å². The van der Waals surface area contributed by atoms with E-state index in [2.05, 4.69) is 37.1 Å². The molecule has 0 spiro atoms. The minimum absolute atomic E-state index is 0.788. The summed E-state index contributed by atoms with van der Waals surface area (Å²) in [5, 5.41) is 3.33. The SMILES string of the molecule is CCCN(CC=C(C)C)C1CNC1. The lowest BCUT2D eigenvalue weighted by Crippen LogP contribution is -2.57. The zero-order chi connectivity index (χ0) is 9.68. The Labute approximate surface area is 82.0 Å². The highest BCUT2D eigenvalue weighted by molar-refractivity contribution is 4.97. The van der Waals surface area contributed by atoms with Gasteiger partial charge in [0.15, 0.2) is 0 Å². The zero-order valence-corrected chi connectivity index (χ0v) is 9.14. The van der Waals surface area contributed by atoms with Crippen molar-refractivity contribution in [1.82, 2.24) is 10.2 Å². The van der Waals surface area contributed by atoms with Crippen molar-refractivity contribution in [2.45, 2.75) is 33.2 Å². The lowest BCUT2D eigenvalue weighted by atomic mass is 10.1. The fraction of sp³-hybridized carbons (Fsp3) is 0.818. The highest BCUT2D eigenvalue weighted by Crippen LogP contribution is 2.06. The van der Waals surface area contributed by atoms with Gasteiger partial charge in [-0.05, 0) is 26.8 Å². The Balaban J connectivity index is 2.32. The third-order valence-corrected chi connectivity index (χ3v) is 2.52. The summed E-state index contributed by atoms with van der Waals surface area (Å²) < 4.78 is 0. The maximum Gasteiger partial charge on any atom is 0.0348 e. The molecule has 0 aromatic carbocycles. The summed E-state index contributed by atoms with van der Waals surface area (Å²) in [7, 11) is 0. The molecule has 1 rings (SSSR count). The van der Waals surface area contributed by atoms with E-state index in [9.17, 15) is 0 Å². The van der Waals surface area contributed by atoms with Crippen LogP contribution in [0, 0.1) is 0 Å². The normalized spacial score (nSPS) is 17.2. The molecule has 13 heavy (non-hydrogen) atoms. The molecule has 0 unspecified atom stereocenters. The summed E-state index contributed by atoms with van der Waals surface area (Å²) in [6.45, 7) is 11.3. The Morgan fingerprint density at radius 2 is 2.15 bits per heavy atom. The van der Waals surface area contributed by atoms with Crippen molar-refractivity contribution in [3.8, 4) is 0 Å². The molecule has 76 valence electrons. The van der Waals surface area contributed by atoms with Crippen LogP contribution in [0.2, 0.25) is 0 Å². The van der Waals surface area contributed by atoms with E-state index in [4.69, 9.17) is 0 Å². The van der Waals surface area contributed by atoms with Crippen LogP contribution in [0.1, 0.15) is 27.2 Å². The Hall–Kier alpha value is -0.340. The molecular formula is C11H22N2. The lowest BCUT2D eigenvalue weighted by molar-refractivity contribution is 0.161. The van der Waals surface area contributed by atoms with Gasteiger partial charge in [-0.3, -0.25) is 4.90 Å². The van der Waals surface area contributed by atoms with Gasteiger partial charge in [-0.25, -0.2) is 0 Å². The number of nitrogens with one attached hydrogen (secondary N) is 1. The Morgan fingerprint density at radius 3 is 2.54 bits per heavy atom. The standard InChI is InChI=1S/C11H22N2/c1-4-6-13(7-5-10(2)3)11-8-12-9-11/h5,11-12H,4,6-9H2,1-3H3. The molecule has 1 N–H and O–H groups in total. The van der Waals surface area contributed by atoms with E-state index in [1.807, 2.05) is 0 Å². The van der Waals surface area contributed by atoms with Crippen molar-refractivity contribution in [2.24, 2.45) is 0 Å². The van der Waals surface area contributed by atoms with E-state index in [1.54, 1.807) is 0 Å². The average Bonchev–Trinajstić information content (AvgIpc) is 1.97. The van der Waals surface area contributed by atoms with Crippen LogP contribution in [-0.4, -0.2) is 37.1 Å². The summed E-state index contributed by atoms with van der Waals surface area (Å²) in [5.74, 6) is 0. The Bertz CT molecular complexity index is 167. The molecule has 1 aliphatic rings. The van der Waals surface area contributed by atoms with Crippen LogP contribution in [0.4, 0.5) is 0 Å². The maximum absolute atomic E-state index is 3.33. The van der Waals surface area contributed by atoms with Gasteiger partial charge < -0.3 is 5.32 Å². The predicted octanol–water partition coefficient (Wildman–Crippen LogP) is 1.64. The van der Waals surface area contributed by atoms with E-state index in [0.29, 0.717) is 0 Å². The van der Waals surface area contributed by atoms with Gasteiger partial charge in [0, 0.05) is 25.7 Å². The average molecular weight is 182 g/mol. The number of hydrogen-bond acceptors (Lipinski definition) is 2. The monoisotopic (exact) mass is 182 g/mol. The zero-order valence-electron chi connectivity index (χ0n) is 9.14. The molecular weight excluding hydrogens is 160 g/mol. The van der Waals surface area contributed by atoms with Gasteiger partial charge in [-0.1, -0.05) is 18.6 Å². The molecule has 0 bridgehead atoms. The molecule has 0 aliphatic carbocycles. The van der Waals surface area contributed by atoms with Gasteiger partial charge in [0.2, 0.25) is 0 Å². The van der Waals surface area contributed by atoms with E-state index >= 15 is 0 Å². The smallest absolute Gasteiger partial charge is 0.0348 e. The number of hydrogen-bond donors (Lipinski definition) is 1. The van der Waals surface area contributed by atoms with Gasteiger partial charge in [0.25, 0.3) is 0 Å². The highest BCUT2D eigenvalue weighted by atomic mass is 15.2. The molecule has 0 saturated carbocycles. The Kier molecular flexibility index (Phi) is 4.46. The van der Waals surface area contributed by atoms with Crippen molar-refractivity contribution in [3.05, 3.63) is 11.6 Å². The van der Waals surface area contributed by atoms with E-state index in [1.165, 1.54) is 31.6 Å². The van der Waals surface area contributed by atoms with Crippen LogP contribution in [0.25, 0.3) is 0 Å². The molecule has 0 atom stereocenters. The van der Waals surface area contributed by atoms with Crippen LogP contribution >= 0.6 is 0 Å². The molecule has 1 heterocycles. The van der Waals surface area contributed by atoms with E-state index in [-0.39, 0.29) is 0 Å². The number of rotatable bonds is 5. The van der Waals surface area contributed by atoms with Gasteiger partial charge in [-0.15, -0.1) is 0 Å². The minimum Gasteiger partial charge on any atom is -0.314 e. The highest BCUT2D eigenvalue weighted by Gasteiger charge is 2.22. The topological polar surface area (TPSA) is 15.3 Å². The molecule has 1 saturated heterocycles. The van der Waals surface area contributed by atoms with Crippen molar-refractivity contribution in [1.29, 1.82) is 0 Å². The van der Waals surface area contributed by atoms with Crippen LogP contribution < -0.4 is 5.32 Å². The number of allylic oxidation sites excluding steroid dienone is 1. The van der Waals surface area contributed by atoms with Crippen LogP contribution in [-0.2, 0) is 0 Å². The fourth-order valence-electron chi connectivity index (χ4n) is 1.54. The molecule has 1 fully saturated rings. The first-order valence-electron chi connectivity index (χ1n) is 5.32. The van der Waals surface area contributed by atoms with Crippen molar-refractivity contribution < 1.29 is 0 Å². The minimum atomic E-state index is 0.788. The van der Waals surface area contributed by atoms with Crippen LogP contribution in [0.3, 0.4) is 0 Å². The molecule has 0 radical (unpaired) electrons. The summed E-state index contributed by atoms with van der Waals surface area (Å²) in [6.07, 6.45) is 3.58. The molecule has 1 aliphatic heterocycles. The van der Waals surface area contributed by atoms with Gasteiger partial charge in [0.05, 0.1) is 0 Å². The first kappa shape index (κ1) is 10.7. The first-order chi connectivity index (χ1) is 6.24. The third kappa shape index (κ3) is 3.49. The van der Waals surface area contributed by atoms with Gasteiger partial charge in [-0.2, -0.15) is 0 Å². The van der Waals surface area contributed by atoms with Crippen molar-refractivity contribution in [2.75, 3.05) is 26.2 Å². The van der Waals surface area contributed by atoms with Crippen molar-refractivity contribution >= 4 is 0 Å². The molecule has 2 heteroatoms. The van der Waals surface area contributed by atoms with Crippen LogP contribution in [0.15, 0.2) is 11.6 Å². The summed E-state index contributed by atoms with van der Waals surface area (Å²) >= 11 is 0. The first-order valence-corrected chi connectivity index (χ1v) is 5.32. The summed E-state index contributed by atoms with van der Waals surface area (Å²) in [4.78, 5) is 2.57. The fourth-order valence-corrected chi connectivity index (χ4v) is 1.54. The molecule has 0 aromatic rings. The largest absolute Gasteiger partial charge is 0.314 e. The maximum atomic E-state index is 3.33. The second kappa shape index (κ2) is 5.40. The van der Waals surface area contributed by atoms with E-state index < -0.39 is 0 Å². The summed E-state index contributed by atoms with van der Waals surface area (Å²) in [6, 6.07) is 0.788. The second-order valence-electron chi connectivity index (χ2n) is 4.09. The summed E-state index contributed by atoms with van der Waals surface area (Å²) in [5.41, 5.74) is 1.42. The second-order valence-corrected chi connectivity index (χ2v) is 4.09. The quantitative estimate of drug-likeness (QED) is 0.650. The third-order valence-electron chi connectivity index (χ3n) is 2.52. The Morgan fingerprint density at radius 1 is 1.46 bits per heavy atom. The van der Waals surface area contributed by atoms with Gasteiger partial charge >= 0.3 is 0 Å².